The Balaban J connectivity index is 1.82. The number of nitrogens with zero attached hydrogens (tertiary/aromatic N) is 5. The number of Topliss-reactive ketones (excluding diaryl/α,β-unsaturated/α-hetero) is 1. The number of carbonyl (C=O) groups excluding carboxylic acids is 4. The molecule has 1 aliphatic rings. The van der Waals surface area contributed by atoms with Gasteiger partial charge in [0.25, 0.3) is 0 Å². The summed E-state index contributed by atoms with van der Waals surface area (Å²) in [6.07, 6.45) is 5.00. The molecule has 41 heavy (non-hydrogen) atoms. The highest BCUT2D eigenvalue weighted by Crippen LogP contribution is 2.29. The van der Waals surface area contributed by atoms with E-state index in [-0.39, 0.29) is 37.4 Å². The molecule has 1 fully saturated rings. The summed E-state index contributed by atoms with van der Waals surface area (Å²) < 4.78 is 3.17. The van der Waals surface area contributed by atoms with Gasteiger partial charge in [0.05, 0.1) is 13.1 Å². The second-order valence-corrected chi connectivity index (χ2v) is 13.1. The van der Waals surface area contributed by atoms with Gasteiger partial charge in [0.2, 0.25) is 5.39 Å². The topological polar surface area (TPSA) is 112 Å². The van der Waals surface area contributed by atoms with Gasteiger partial charge < -0.3 is 0 Å². The molecule has 1 aliphatic carbocycles. The molecule has 0 atom stereocenters. The Morgan fingerprint density at radius 3 is 1.90 bits per heavy atom. The smallest absolute Gasteiger partial charge is 0.299 e. The summed E-state index contributed by atoms with van der Waals surface area (Å²) in [6, 6.07) is 7.94. The van der Waals surface area contributed by atoms with Crippen LogP contribution < -0.4 is 0 Å². The van der Waals surface area contributed by atoms with E-state index in [4.69, 9.17) is 14.5 Å². The molecule has 0 amide bonds. The van der Waals surface area contributed by atoms with Gasteiger partial charge in [-0.3, -0.25) is 29.1 Å². The lowest BCUT2D eigenvalue weighted by Gasteiger charge is -2.25. The number of likely N-dealkylation sites (N-methyl/N-ethyl adjacent to an activating group) is 4. The van der Waals surface area contributed by atoms with Crippen LogP contribution in [0.3, 0.4) is 0 Å². The van der Waals surface area contributed by atoms with E-state index in [1.807, 2.05) is 76.6 Å². The van der Waals surface area contributed by atoms with Crippen molar-refractivity contribution >= 4 is 69.4 Å². The summed E-state index contributed by atoms with van der Waals surface area (Å²) in [7, 11) is 3.37. The zero-order chi connectivity index (χ0) is 30.4. The van der Waals surface area contributed by atoms with Crippen LogP contribution >= 0.6 is 45.7 Å². The molecule has 0 bridgehead atoms. The van der Waals surface area contributed by atoms with Crippen LogP contribution in [-0.4, -0.2) is 112 Å². The van der Waals surface area contributed by atoms with Crippen LogP contribution in [0, 0.1) is 5.92 Å². The second-order valence-electron chi connectivity index (χ2n) is 10.0. The van der Waals surface area contributed by atoms with E-state index >= 15 is 0 Å². The zero-order valence-corrected chi connectivity index (χ0v) is 28.5. The summed E-state index contributed by atoms with van der Waals surface area (Å²) in [5, 5.41) is 0.162. The van der Waals surface area contributed by atoms with Gasteiger partial charge in [-0.05, 0) is 38.5 Å². The molecule has 1 aromatic carbocycles. The van der Waals surface area contributed by atoms with Crippen molar-refractivity contribution in [3.8, 4) is 0 Å². The molecule has 0 saturated heterocycles. The Morgan fingerprint density at radius 2 is 1.39 bits per heavy atom. The number of hydrogen-bond donors (Lipinski definition) is 0. The standard InChI is InChI=1S/C27H41I2N5O7/c1-5-32(17-24(35)23-12-10-22(11-13-23)16-21-8-7-9-21)15-14-30(3)18-25(36)39-34(40-26(37)19-31(4)28)41-27(38)20-33(29)6-2/h10-13,21H,5-9,14-20H2,1-4H3. The number of halogens is 2. The van der Waals surface area contributed by atoms with Crippen molar-refractivity contribution in [1.29, 1.82) is 0 Å². The normalized spacial score (nSPS) is 13.6. The first-order valence-corrected chi connectivity index (χ1v) is 15.6. The molecule has 14 heteroatoms. The van der Waals surface area contributed by atoms with Crippen molar-refractivity contribution in [1.82, 2.24) is 21.4 Å². The predicted octanol–water partition coefficient (Wildman–Crippen LogP) is 3.10. The third-order valence-electron chi connectivity index (χ3n) is 6.56. The largest absolute Gasteiger partial charge is 0.347 e. The van der Waals surface area contributed by atoms with E-state index < -0.39 is 17.9 Å². The van der Waals surface area contributed by atoms with Crippen molar-refractivity contribution in [2.75, 3.05) is 66.5 Å². The summed E-state index contributed by atoms with van der Waals surface area (Å²) in [6.45, 7) is 5.96. The minimum absolute atomic E-state index is 0.0497. The molecule has 12 nitrogen and oxygen atoms in total. The van der Waals surface area contributed by atoms with Crippen LogP contribution in [0.25, 0.3) is 0 Å². The van der Waals surface area contributed by atoms with Gasteiger partial charge in [-0.1, -0.05) is 57.4 Å². The number of ketones is 1. The van der Waals surface area contributed by atoms with Gasteiger partial charge >= 0.3 is 17.9 Å². The third-order valence-corrected chi connectivity index (χ3v) is 7.92. The molecule has 0 unspecified atom stereocenters. The van der Waals surface area contributed by atoms with Crippen molar-refractivity contribution in [3.05, 3.63) is 35.4 Å². The SMILES string of the molecule is CCN(I)CC(=O)ON(OC(=O)CN(C)I)OC(=O)CN(C)CCN(CC)CC(=O)c1ccc(CC2CCC2)cc1. The zero-order valence-electron chi connectivity index (χ0n) is 24.2. The molecule has 1 aromatic rings. The van der Waals surface area contributed by atoms with Crippen LogP contribution in [0.2, 0.25) is 0 Å². The Kier molecular flexibility index (Phi) is 16.5. The minimum atomic E-state index is -0.793. The predicted molar refractivity (Wildman–Crippen MR) is 169 cm³/mol. The molecular formula is C27H41I2N5O7. The lowest BCUT2D eigenvalue weighted by Crippen LogP contribution is -2.41. The Morgan fingerprint density at radius 1 is 0.805 bits per heavy atom. The van der Waals surface area contributed by atoms with Crippen molar-refractivity contribution in [2.45, 2.75) is 39.5 Å². The van der Waals surface area contributed by atoms with Gasteiger partial charge in [0, 0.05) is 70.9 Å². The molecule has 0 aromatic heterocycles. The van der Waals surface area contributed by atoms with Crippen molar-refractivity contribution < 1.29 is 33.7 Å². The number of hydrogen-bond acceptors (Lipinski definition) is 12. The summed E-state index contributed by atoms with van der Waals surface area (Å²) in [5.74, 6) is -1.51. The first-order chi connectivity index (χ1) is 19.5. The number of carbonyl (C=O) groups is 4. The molecule has 0 radical (unpaired) electrons. The Hall–Kier alpha value is -1.44. The van der Waals surface area contributed by atoms with E-state index in [2.05, 4.69) is 12.1 Å². The summed E-state index contributed by atoms with van der Waals surface area (Å²) >= 11 is 3.83. The van der Waals surface area contributed by atoms with E-state index in [0.717, 1.165) is 12.3 Å². The monoisotopic (exact) mass is 801 g/mol. The van der Waals surface area contributed by atoms with Crippen LogP contribution in [-0.2, 0) is 35.3 Å². The van der Waals surface area contributed by atoms with Gasteiger partial charge in [-0.2, -0.15) is 0 Å². The maximum Gasteiger partial charge on any atom is 0.347 e. The van der Waals surface area contributed by atoms with E-state index in [1.54, 1.807) is 22.1 Å². The van der Waals surface area contributed by atoms with Gasteiger partial charge in [0.15, 0.2) is 5.78 Å². The average molecular weight is 801 g/mol. The molecule has 230 valence electrons. The van der Waals surface area contributed by atoms with Crippen LogP contribution in [0.1, 0.15) is 49.0 Å². The molecule has 0 N–H and O–H groups in total. The highest BCUT2D eigenvalue weighted by Gasteiger charge is 2.25. The van der Waals surface area contributed by atoms with Crippen molar-refractivity contribution in [2.24, 2.45) is 5.92 Å². The fraction of sp³-hybridized carbons (Fsp3) is 0.630. The third kappa shape index (κ3) is 14.5. The quantitative estimate of drug-likeness (QED) is 0.0888. The highest BCUT2D eigenvalue weighted by atomic mass is 127. The lowest BCUT2D eigenvalue weighted by atomic mass is 9.81. The molecule has 0 spiro atoms. The van der Waals surface area contributed by atoms with E-state index in [1.165, 1.54) is 27.9 Å². The second kappa shape index (κ2) is 19.0. The molecular weight excluding hydrogens is 760 g/mol. The van der Waals surface area contributed by atoms with Crippen molar-refractivity contribution in [3.63, 3.8) is 0 Å². The van der Waals surface area contributed by atoms with Crippen LogP contribution in [0.5, 0.6) is 0 Å². The molecule has 0 aliphatic heterocycles. The minimum Gasteiger partial charge on any atom is -0.299 e. The Labute approximate surface area is 270 Å². The molecule has 1 saturated carbocycles. The summed E-state index contributed by atoms with van der Waals surface area (Å²) in [5.41, 5.74) is 1.97. The van der Waals surface area contributed by atoms with Gasteiger partial charge in [-0.15, -0.1) is 0 Å². The molecule has 0 heterocycles. The Bertz CT molecular complexity index is 995. The fourth-order valence-corrected chi connectivity index (χ4v) is 4.49. The number of benzene rings is 1. The lowest BCUT2D eigenvalue weighted by molar-refractivity contribution is -0.464. The maximum atomic E-state index is 12.9. The maximum absolute atomic E-state index is 12.9. The molecule has 2 rings (SSSR count). The number of rotatable bonds is 19. The van der Waals surface area contributed by atoms with Crippen LogP contribution in [0.4, 0.5) is 0 Å². The average Bonchev–Trinajstić information content (AvgIpc) is 2.87. The first-order valence-electron chi connectivity index (χ1n) is 13.7. The first kappa shape index (κ1) is 35.8. The van der Waals surface area contributed by atoms with Gasteiger partial charge in [0.1, 0.15) is 13.1 Å². The summed E-state index contributed by atoms with van der Waals surface area (Å²) in [4.78, 5) is 68.2. The highest BCUT2D eigenvalue weighted by molar-refractivity contribution is 14.1. The van der Waals surface area contributed by atoms with Gasteiger partial charge in [-0.25, -0.2) is 20.6 Å². The van der Waals surface area contributed by atoms with E-state index in [0.29, 0.717) is 31.7 Å². The fourth-order valence-electron chi connectivity index (χ4n) is 3.93. The van der Waals surface area contributed by atoms with E-state index in [9.17, 15) is 19.2 Å². The van der Waals surface area contributed by atoms with Crippen LogP contribution in [0.15, 0.2) is 24.3 Å².